The Bertz CT molecular complexity index is 802. The third-order valence-corrected chi connectivity index (χ3v) is 4.43. The molecule has 1 aromatic carbocycles. The van der Waals surface area contributed by atoms with Crippen LogP contribution in [0.1, 0.15) is 16.7 Å². The van der Waals surface area contributed by atoms with Crippen molar-refractivity contribution in [3.8, 4) is 0 Å². The summed E-state index contributed by atoms with van der Waals surface area (Å²) in [7, 11) is 1.95. The van der Waals surface area contributed by atoms with Gasteiger partial charge in [-0.2, -0.15) is 0 Å². The number of amidine groups is 1. The first-order chi connectivity index (χ1) is 10.5. The number of thioether (sulfide) groups is 1. The summed E-state index contributed by atoms with van der Waals surface area (Å²) >= 11 is 1.37. The lowest BCUT2D eigenvalue weighted by atomic mass is 10.1. The number of hydrogen-bond acceptors (Lipinski definition) is 3. The molecule has 0 aliphatic carbocycles. The minimum Gasteiger partial charge on any atom is -0.357 e. The van der Waals surface area contributed by atoms with Crippen molar-refractivity contribution < 1.29 is 4.79 Å². The van der Waals surface area contributed by atoms with Crippen molar-refractivity contribution in [3.05, 3.63) is 58.3 Å². The molecule has 0 atom stereocenters. The van der Waals surface area contributed by atoms with Crippen LogP contribution in [0.2, 0.25) is 0 Å². The molecule has 22 heavy (non-hydrogen) atoms. The molecule has 0 unspecified atom stereocenters. The Kier molecular flexibility index (Phi) is 3.90. The molecule has 1 N–H and O–H groups in total. The second-order valence-corrected chi connectivity index (χ2v) is 6.39. The molecule has 5 heteroatoms. The van der Waals surface area contributed by atoms with Crippen molar-refractivity contribution in [2.24, 2.45) is 12.0 Å². The van der Waals surface area contributed by atoms with Gasteiger partial charge in [0.15, 0.2) is 5.17 Å². The topological polar surface area (TPSA) is 46.4 Å². The fourth-order valence-corrected chi connectivity index (χ4v) is 3.00. The molecule has 1 aliphatic heterocycles. The summed E-state index contributed by atoms with van der Waals surface area (Å²) in [5.41, 5.74) is 4.28. The highest BCUT2D eigenvalue weighted by molar-refractivity contribution is 8.18. The number of nitrogens with one attached hydrogen (secondary N) is 1. The summed E-state index contributed by atoms with van der Waals surface area (Å²) in [6.45, 7) is 4.12. The van der Waals surface area contributed by atoms with Crippen molar-refractivity contribution in [1.29, 1.82) is 0 Å². The first-order valence-corrected chi connectivity index (χ1v) is 7.82. The normalized spacial score (nSPS) is 18.2. The van der Waals surface area contributed by atoms with E-state index in [-0.39, 0.29) is 5.91 Å². The van der Waals surface area contributed by atoms with E-state index in [4.69, 9.17) is 0 Å². The molecule has 112 valence electrons. The third kappa shape index (κ3) is 3.14. The van der Waals surface area contributed by atoms with E-state index >= 15 is 0 Å². The largest absolute Gasteiger partial charge is 0.357 e. The van der Waals surface area contributed by atoms with Crippen molar-refractivity contribution >= 4 is 34.6 Å². The van der Waals surface area contributed by atoms with Gasteiger partial charge in [0.2, 0.25) is 0 Å². The monoisotopic (exact) mass is 311 g/mol. The highest BCUT2D eigenvalue weighted by atomic mass is 32.2. The minimum absolute atomic E-state index is 0.101. The number of benzene rings is 1. The second-order valence-electron chi connectivity index (χ2n) is 5.36. The standard InChI is InChI=1S/C17H17N3OS/c1-11-4-5-14(8-12(11)2)18-17-19-16(21)15(22-17)9-13-6-7-20(3)10-13/h4-10H,1-3H3,(H,18,19,21)/b15-9+. The summed E-state index contributed by atoms with van der Waals surface area (Å²) in [6.07, 6.45) is 5.80. The highest BCUT2D eigenvalue weighted by Crippen LogP contribution is 2.28. The van der Waals surface area contributed by atoms with E-state index in [1.807, 2.05) is 54.3 Å². The molecule has 1 aliphatic rings. The maximum absolute atomic E-state index is 12.0. The molecule has 3 rings (SSSR count). The molecule has 2 heterocycles. The SMILES string of the molecule is Cc1ccc(N=C2NC(=O)/C(=C\c3ccn(C)c3)S2)cc1C. The van der Waals surface area contributed by atoms with E-state index in [0.29, 0.717) is 10.1 Å². The van der Waals surface area contributed by atoms with Crippen molar-refractivity contribution in [1.82, 2.24) is 9.88 Å². The smallest absolute Gasteiger partial charge is 0.264 e. The van der Waals surface area contributed by atoms with E-state index in [1.165, 1.54) is 22.9 Å². The van der Waals surface area contributed by atoms with Crippen LogP contribution in [0.3, 0.4) is 0 Å². The number of aromatic nitrogens is 1. The molecular formula is C17H17N3OS. The van der Waals surface area contributed by atoms with Crippen LogP contribution < -0.4 is 5.32 Å². The Morgan fingerprint density at radius 2 is 2.05 bits per heavy atom. The lowest BCUT2D eigenvalue weighted by Gasteiger charge is -2.01. The van der Waals surface area contributed by atoms with Crippen LogP contribution in [0.25, 0.3) is 6.08 Å². The maximum Gasteiger partial charge on any atom is 0.264 e. The van der Waals surface area contributed by atoms with Crippen LogP contribution in [0.4, 0.5) is 5.69 Å². The molecule has 1 fully saturated rings. The summed E-state index contributed by atoms with van der Waals surface area (Å²) in [5.74, 6) is -0.101. The zero-order valence-corrected chi connectivity index (χ0v) is 13.6. The van der Waals surface area contributed by atoms with E-state index in [9.17, 15) is 4.79 Å². The van der Waals surface area contributed by atoms with Gasteiger partial charge in [0, 0.05) is 19.4 Å². The molecule has 4 nitrogen and oxygen atoms in total. The van der Waals surface area contributed by atoms with Gasteiger partial charge in [-0.1, -0.05) is 6.07 Å². The summed E-state index contributed by atoms with van der Waals surface area (Å²) in [4.78, 5) is 17.2. The fraction of sp³-hybridized carbons (Fsp3) is 0.176. The molecule has 0 saturated carbocycles. The van der Waals surface area contributed by atoms with Crippen LogP contribution in [0.5, 0.6) is 0 Å². The quantitative estimate of drug-likeness (QED) is 0.862. The van der Waals surface area contributed by atoms with E-state index in [0.717, 1.165) is 11.3 Å². The van der Waals surface area contributed by atoms with Crippen LogP contribution in [-0.2, 0) is 11.8 Å². The van der Waals surface area contributed by atoms with Gasteiger partial charge >= 0.3 is 0 Å². The van der Waals surface area contributed by atoms with E-state index < -0.39 is 0 Å². The number of aryl methyl sites for hydroxylation is 3. The number of aliphatic imine (C=N–C) groups is 1. The lowest BCUT2D eigenvalue weighted by molar-refractivity contribution is -0.115. The summed E-state index contributed by atoms with van der Waals surface area (Å²) in [5, 5.41) is 3.43. The van der Waals surface area contributed by atoms with E-state index in [1.54, 1.807) is 0 Å². The van der Waals surface area contributed by atoms with Gasteiger partial charge < -0.3 is 9.88 Å². The molecule has 1 aromatic heterocycles. The lowest BCUT2D eigenvalue weighted by Crippen LogP contribution is -2.19. The number of amides is 1. The van der Waals surface area contributed by atoms with Crippen LogP contribution in [-0.4, -0.2) is 15.6 Å². The van der Waals surface area contributed by atoms with Gasteiger partial charge in [-0.3, -0.25) is 4.79 Å². The predicted octanol–water partition coefficient (Wildman–Crippen LogP) is 3.53. The molecule has 2 aromatic rings. The van der Waals surface area contributed by atoms with Gasteiger partial charge in [-0.25, -0.2) is 4.99 Å². The zero-order chi connectivity index (χ0) is 15.7. The molecule has 0 spiro atoms. The van der Waals surface area contributed by atoms with Gasteiger partial charge in [0.05, 0.1) is 10.6 Å². The first kappa shape index (κ1) is 14.7. The van der Waals surface area contributed by atoms with Gasteiger partial charge in [0.25, 0.3) is 5.91 Å². The average molecular weight is 311 g/mol. The highest BCUT2D eigenvalue weighted by Gasteiger charge is 2.23. The van der Waals surface area contributed by atoms with Gasteiger partial charge in [-0.05, 0) is 66.6 Å². The van der Waals surface area contributed by atoms with Crippen molar-refractivity contribution in [2.45, 2.75) is 13.8 Å². The van der Waals surface area contributed by atoms with Gasteiger partial charge in [-0.15, -0.1) is 0 Å². The van der Waals surface area contributed by atoms with Crippen molar-refractivity contribution in [3.63, 3.8) is 0 Å². The Hall–Kier alpha value is -2.27. The Morgan fingerprint density at radius 1 is 1.23 bits per heavy atom. The number of rotatable bonds is 2. The molecular weight excluding hydrogens is 294 g/mol. The molecule has 1 saturated heterocycles. The summed E-state index contributed by atoms with van der Waals surface area (Å²) in [6, 6.07) is 7.99. The zero-order valence-electron chi connectivity index (χ0n) is 12.8. The van der Waals surface area contributed by atoms with Crippen LogP contribution in [0, 0.1) is 13.8 Å². The Balaban J connectivity index is 1.83. The van der Waals surface area contributed by atoms with E-state index in [2.05, 4.69) is 24.2 Å². The average Bonchev–Trinajstić information content (AvgIpc) is 3.01. The number of carbonyl (C=O) groups is 1. The Morgan fingerprint density at radius 3 is 2.73 bits per heavy atom. The third-order valence-electron chi connectivity index (χ3n) is 3.52. The van der Waals surface area contributed by atoms with Crippen LogP contribution >= 0.6 is 11.8 Å². The first-order valence-electron chi connectivity index (χ1n) is 7.00. The van der Waals surface area contributed by atoms with Crippen LogP contribution in [0.15, 0.2) is 46.6 Å². The maximum atomic E-state index is 12.0. The number of carbonyl (C=O) groups excluding carboxylic acids is 1. The molecule has 0 radical (unpaired) electrons. The minimum atomic E-state index is -0.101. The number of nitrogens with zero attached hydrogens (tertiary/aromatic N) is 2. The second kappa shape index (κ2) is 5.85. The Labute approximate surface area is 133 Å². The summed E-state index contributed by atoms with van der Waals surface area (Å²) < 4.78 is 1.95. The van der Waals surface area contributed by atoms with Crippen molar-refractivity contribution in [2.75, 3.05) is 0 Å². The predicted molar refractivity (Wildman–Crippen MR) is 92.1 cm³/mol. The number of hydrogen-bond donors (Lipinski definition) is 1. The molecule has 0 bridgehead atoms. The molecule has 1 amide bonds. The fourth-order valence-electron chi connectivity index (χ4n) is 2.15. The van der Waals surface area contributed by atoms with Gasteiger partial charge in [0.1, 0.15) is 0 Å².